The highest BCUT2D eigenvalue weighted by Crippen LogP contribution is 2.60. The molecule has 0 saturated heterocycles. The van der Waals surface area contributed by atoms with Gasteiger partial charge in [-0.05, 0) is 67.3 Å². The maximum absolute atomic E-state index is 5.76. The van der Waals surface area contributed by atoms with Gasteiger partial charge in [0.2, 0.25) is 0 Å². The summed E-state index contributed by atoms with van der Waals surface area (Å²) in [7, 11) is 0. The molecule has 0 unspecified atom stereocenters. The first-order valence-corrected chi connectivity index (χ1v) is 9.40. The topological polar surface area (TPSA) is 38.9 Å². The maximum atomic E-state index is 5.76. The van der Waals surface area contributed by atoms with E-state index < -0.39 is 0 Å². The van der Waals surface area contributed by atoms with Crippen LogP contribution in [0.1, 0.15) is 44.1 Å². The van der Waals surface area contributed by atoms with Gasteiger partial charge >= 0.3 is 0 Å². The van der Waals surface area contributed by atoms with Crippen molar-refractivity contribution in [2.75, 3.05) is 5.73 Å². The van der Waals surface area contributed by atoms with E-state index in [4.69, 9.17) is 5.73 Å². The maximum Gasteiger partial charge on any atom is 0.180 e. The van der Waals surface area contributed by atoms with Crippen LogP contribution in [0.15, 0.2) is 29.6 Å². The average molecular weight is 310 g/mol. The lowest BCUT2D eigenvalue weighted by Gasteiger charge is -2.57. The van der Waals surface area contributed by atoms with Crippen LogP contribution in [-0.4, -0.2) is 4.98 Å². The Kier molecular flexibility index (Phi) is 2.73. The summed E-state index contributed by atoms with van der Waals surface area (Å²) in [6.07, 6.45) is 8.83. The number of nitrogen functional groups attached to an aromatic ring is 1. The van der Waals surface area contributed by atoms with Crippen molar-refractivity contribution in [3.8, 4) is 11.3 Å². The molecule has 0 radical (unpaired) electrons. The van der Waals surface area contributed by atoms with Crippen molar-refractivity contribution >= 4 is 16.5 Å². The molecule has 4 bridgehead atoms. The minimum Gasteiger partial charge on any atom is -0.375 e. The number of thiazole rings is 1. The molecule has 6 rings (SSSR count). The normalized spacial score (nSPS) is 35.9. The molecule has 0 aliphatic heterocycles. The molecule has 0 amide bonds. The number of rotatable bonds is 2. The van der Waals surface area contributed by atoms with Crippen molar-refractivity contribution in [3.05, 3.63) is 35.2 Å². The number of nitrogens with zero attached hydrogens (tertiary/aromatic N) is 1. The third kappa shape index (κ3) is 1.95. The van der Waals surface area contributed by atoms with E-state index in [-0.39, 0.29) is 0 Å². The first-order chi connectivity index (χ1) is 10.7. The van der Waals surface area contributed by atoms with Gasteiger partial charge in [0.25, 0.3) is 0 Å². The number of hydrogen-bond acceptors (Lipinski definition) is 3. The fourth-order valence-corrected chi connectivity index (χ4v) is 6.45. The van der Waals surface area contributed by atoms with Gasteiger partial charge in [0, 0.05) is 10.9 Å². The zero-order chi connectivity index (χ0) is 14.7. The molecule has 114 valence electrons. The molecule has 2 N–H and O–H groups in total. The van der Waals surface area contributed by atoms with E-state index in [0.29, 0.717) is 10.5 Å². The van der Waals surface area contributed by atoms with Crippen LogP contribution >= 0.6 is 11.3 Å². The Bertz CT molecular complexity index is 665. The highest BCUT2D eigenvalue weighted by Gasteiger charge is 2.51. The summed E-state index contributed by atoms with van der Waals surface area (Å²) < 4.78 is 0. The summed E-state index contributed by atoms with van der Waals surface area (Å²) in [5.74, 6) is 3.01. The Hall–Kier alpha value is -1.35. The Morgan fingerprint density at radius 1 is 0.955 bits per heavy atom. The van der Waals surface area contributed by atoms with E-state index in [1.165, 1.54) is 55.4 Å². The van der Waals surface area contributed by atoms with E-state index >= 15 is 0 Å². The van der Waals surface area contributed by atoms with Crippen LogP contribution in [0.2, 0.25) is 0 Å². The molecule has 4 aliphatic carbocycles. The van der Waals surface area contributed by atoms with Crippen molar-refractivity contribution in [1.82, 2.24) is 4.98 Å². The summed E-state index contributed by atoms with van der Waals surface area (Å²) in [5, 5.41) is 2.70. The molecule has 2 nitrogen and oxygen atoms in total. The van der Waals surface area contributed by atoms with Gasteiger partial charge in [-0.2, -0.15) is 0 Å². The van der Waals surface area contributed by atoms with Gasteiger partial charge < -0.3 is 5.73 Å². The highest BCUT2D eigenvalue weighted by molar-refractivity contribution is 7.13. The summed E-state index contributed by atoms with van der Waals surface area (Å²) in [6.45, 7) is 0. The predicted octanol–water partition coefficient (Wildman–Crippen LogP) is 4.86. The first kappa shape index (κ1) is 13.1. The fraction of sp³-hybridized carbons (Fsp3) is 0.526. The standard InChI is InChI=1S/C19H22N2S/c20-18-21-17(11-22-18)15-1-3-16(4-2-15)19-8-12-5-13(9-19)7-14(6-12)10-19/h1-4,11-14H,5-10H2,(H2,20,21). The Labute approximate surface area is 135 Å². The average Bonchev–Trinajstić information content (AvgIpc) is 2.93. The lowest BCUT2D eigenvalue weighted by atomic mass is 9.48. The second-order valence-corrected chi connectivity index (χ2v) is 8.74. The van der Waals surface area contributed by atoms with E-state index in [1.807, 2.05) is 0 Å². The minimum absolute atomic E-state index is 0.494. The zero-order valence-electron chi connectivity index (χ0n) is 12.8. The van der Waals surface area contributed by atoms with E-state index in [2.05, 4.69) is 34.6 Å². The zero-order valence-corrected chi connectivity index (χ0v) is 13.6. The van der Waals surface area contributed by atoms with Crippen molar-refractivity contribution in [2.45, 2.75) is 43.9 Å². The lowest BCUT2D eigenvalue weighted by molar-refractivity contribution is -0.00518. The molecular weight excluding hydrogens is 288 g/mol. The molecular formula is C19H22N2S. The van der Waals surface area contributed by atoms with E-state index in [1.54, 1.807) is 5.56 Å². The van der Waals surface area contributed by atoms with Crippen LogP contribution in [0.4, 0.5) is 5.13 Å². The Morgan fingerprint density at radius 3 is 2.05 bits per heavy atom. The van der Waals surface area contributed by atoms with Gasteiger partial charge in [-0.15, -0.1) is 11.3 Å². The van der Waals surface area contributed by atoms with Crippen molar-refractivity contribution in [3.63, 3.8) is 0 Å². The van der Waals surface area contributed by atoms with Gasteiger partial charge in [0.15, 0.2) is 5.13 Å². The molecule has 0 spiro atoms. The van der Waals surface area contributed by atoms with Crippen LogP contribution in [0.25, 0.3) is 11.3 Å². The quantitative estimate of drug-likeness (QED) is 0.860. The number of nitrogens with two attached hydrogens (primary N) is 1. The highest BCUT2D eigenvalue weighted by atomic mass is 32.1. The Balaban J connectivity index is 1.48. The number of aromatic nitrogens is 1. The molecule has 0 atom stereocenters. The molecule has 2 aromatic rings. The van der Waals surface area contributed by atoms with Gasteiger partial charge in [-0.1, -0.05) is 24.3 Å². The number of anilines is 1. The molecule has 1 aromatic heterocycles. The van der Waals surface area contributed by atoms with Gasteiger partial charge in [0.05, 0.1) is 5.69 Å². The predicted molar refractivity (Wildman–Crippen MR) is 91.8 cm³/mol. The SMILES string of the molecule is Nc1nc(-c2ccc(C34CC5CC(CC(C5)C3)C4)cc2)cs1. The molecule has 22 heavy (non-hydrogen) atoms. The van der Waals surface area contributed by atoms with Crippen LogP contribution in [0.5, 0.6) is 0 Å². The van der Waals surface area contributed by atoms with Gasteiger partial charge in [-0.3, -0.25) is 0 Å². The van der Waals surface area contributed by atoms with Crippen LogP contribution in [-0.2, 0) is 5.41 Å². The number of hydrogen-bond donors (Lipinski definition) is 1. The van der Waals surface area contributed by atoms with Crippen LogP contribution < -0.4 is 5.73 Å². The molecule has 4 aliphatic rings. The molecule has 1 heterocycles. The monoisotopic (exact) mass is 310 g/mol. The smallest absolute Gasteiger partial charge is 0.180 e. The van der Waals surface area contributed by atoms with Crippen LogP contribution in [0.3, 0.4) is 0 Å². The lowest BCUT2D eigenvalue weighted by Crippen LogP contribution is -2.48. The first-order valence-electron chi connectivity index (χ1n) is 8.52. The van der Waals surface area contributed by atoms with E-state index in [0.717, 1.165) is 23.4 Å². The molecule has 1 aromatic carbocycles. The third-order valence-corrected chi connectivity index (χ3v) is 7.03. The molecule has 3 heteroatoms. The largest absolute Gasteiger partial charge is 0.375 e. The van der Waals surface area contributed by atoms with Crippen molar-refractivity contribution < 1.29 is 0 Å². The Morgan fingerprint density at radius 2 is 1.55 bits per heavy atom. The molecule has 4 fully saturated rings. The second-order valence-electron chi connectivity index (χ2n) is 7.85. The van der Waals surface area contributed by atoms with Gasteiger partial charge in [-0.25, -0.2) is 4.98 Å². The van der Waals surface area contributed by atoms with E-state index in [9.17, 15) is 0 Å². The third-order valence-electron chi connectivity index (χ3n) is 6.35. The fourth-order valence-electron chi connectivity index (χ4n) is 5.88. The molecule has 4 saturated carbocycles. The summed E-state index contributed by atoms with van der Waals surface area (Å²) >= 11 is 1.52. The second kappa shape index (κ2) is 4.58. The van der Waals surface area contributed by atoms with Crippen molar-refractivity contribution in [2.24, 2.45) is 17.8 Å². The minimum atomic E-state index is 0.494. The van der Waals surface area contributed by atoms with Crippen molar-refractivity contribution in [1.29, 1.82) is 0 Å². The summed E-state index contributed by atoms with van der Waals surface area (Å²) in [6, 6.07) is 9.25. The summed E-state index contributed by atoms with van der Waals surface area (Å²) in [4.78, 5) is 4.40. The summed E-state index contributed by atoms with van der Waals surface area (Å²) in [5.41, 5.74) is 10.0. The van der Waals surface area contributed by atoms with Gasteiger partial charge in [0.1, 0.15) is 0 Å². The van der Waals surface area contributed by atoms with Crippen LogP contribution in [0, 0.1) is 17.8 Å². The number of benzene rings is 1.